The molecular formula is C17H26S. The fourth-order valence-corrected chi connectivity index (χ4v) is 5.50. The first-order valence-electron chi connectivity index (χ1n) is 7.41. The van der Waals surface area contributed by atoms with E-state index in [4.69, 9.17) is 0 Å². The van der Waals surface area contributed by atoms with Crippen molar-refractivity contribution in [1.29, 1.82) is 0 Å². The molecule has 0 bridgehead atoms. The lowest BCUT2D eigenvalue weighted by Gasteiger charge is -2.44. The van der Waals surface area contributed by atoms with Gasteiger partial charge in [-0.3, -0.25) is 0 Å². The SMILES string of the molecule is CC(C)c1sc(C(C)(C)C)c2c1CC1CC[C@]21C. The highest BCUT2D eigenvalue weighted by Crippen LogP contribution is 2.61. The van der Waals surface area contributed by atoms with Crippen LogP contribution in [0.25, 0.3) is 0 Å². The summed E-state index contributed by atoms with van der Waals surface area (Å²) >= 11 is 2.12. The normalized spacial score (nSPS) is 30.3. The molecule has 1 aromatic heterocycles. The minimum atomic E-state index is 0.315. The monoisotopic (exact) mass is 262 g/mol. The van der Waals surface area contributed by atoms with Crippen LogP contribution >= 0.6 is 11.3 Å². The van der Waals surface area contributed by atoms with Gasteiger partial charge in [0.15, 0.2) is 0 Å². The summed E-state index contributed by atoms with van der Waals surface area (Å²) in [5.74, 6) is 1.65. The number of fused-ring (bicyclic) bond motifs is 3. The van der Waals surface area contributed by atoms with E-state index in [1.807, 2.05) is 0 Å². The molecule has 2 aliphatic rings. The van der Waals surface area contributed by atoms with Crippen LogP contribution in [0.3, 0.4) is 0 Å². The van der Waals surface area contributed by atoms with Crippen LogP contribution in [-0.2, 0) is 17.3 Å². The maximum Gasteiger partial charge on any atom is 0.0142 e. The molecule has 2 atom stereocenters. The summed E-state index contributed by atoms with van der Waals surface area (Å²) in [6.07, 6.45) is 4.24. The maximum atomic E-state index is 2.53. The van der Waals surface area contributed by atoms with E-state index < -0.39 is 0 Å². The van der Waals surface area contributed by atoms with Crippen LogP contribution in [0.5, 0.6) is 0 Å². The lowest BCUT2D eigenvalue weighted by atomic mass is 9.60. The molecule has 0 aliphatic heterocycles. The highest BCUT2D eigenvalue weighted by molar-refractivity contribution is 7.12. The second-order valence-electron chi connectivity index (χ2n) is 7.91. The largest absolute Gasteiger partial charge is 0.144 e. The zero-order valence-corrected chi connectivity index (χ0v) is 13.5. The van der Waals surface area contributed by atoms with Crippen LogP contribution < -0.4 is 0 Å². The first-order chi connectivity index (χ1) is 8.25. The Labute approximate surface area is 116 Å². The maximum absolute atomic E-state index is 2.53. The molecule has 0 saturated heterocycles. The van der Waals surface area contributed by atoms with Crippen molar-refractivity contribution in [2.45, 2.75) is 77.6 Å². The Kier molecular flexibility index (Phi) is 2.56. The Morgan fingerprint density at radius 1 is 1.28 bits per heavy atom. The van der Waals surface area contributed by atoms with E-state index in [1.54, 1.807) is 20.9 Å². The van der Waals surface area contributed by atoms with Gasteiger partial charge in [0, 0.05) is 9.75 Å². The molecule has 0 aromatic carbocycles. The second kappa shape index (κ2) is 3.62. The Hall–Kier alpha value is -0.300. The Morgan fingerprint density at radius 3 is 2.39 bits per heavy atom. The number of hydrogen-bond donors (Lipinski definition) is 0. The van der Waals surface area contributed by atoms with E-state index in [0.29, 0.717) is 16.7 Å². The van der Waals surface area contributed by atoms with Crippen molar-refractivity contribution in [3.63, 3.8) is 0 Å². The molecular weight excluding hydrogens is 236 g/mol. The van der Waals surface area contributed by atoms with Gasteiger partial charge in [-0.1, -0.05) is 41.5 Å². The lowest BCUT2D eigenvalue weighted by molar-refractivity contribution is 0.162. The van der Waals surface area contributed by atoms with Crippen LogP contribution in [-0.4, -0.2) is 0 Å². The fraction of sp³-hybridized carbons (Fsp3) is 0.765. The standard InChI is InChI=1S/C17H26S/c1-10(2)14-12-9-11-7-8-17(11,6)13(12)15(18-14)16(3,4)5/h10-11H,7-9H2,1-6H3/t11?,17-/m0/s1. The topological polar surface area (TPSA) is 0 Å². The predicted molar refractivity (Wildman–Crippen MR) is 80.9 cm³/mol. The summed E-state index contributed by atoms with van der Waals surface area (Å²) in [5, 5.41) is 0. The van der Waals surface area contributed by atoms with Gasteiger partial charge in [0.1, 0.15) is 0 Å². The smallest absolute Gasteiger partial charge is 0.0142 e. The molecule has 3 rings (SSSR count). The van der Waals surface area contributed by atoms with Gasteiger partial charge in [0.05, 0.1) is 0 Å². The Balaban J connectivity index is 2.22. The molecule has 0 radical (unpaired) electrons. The number of rotatable bonds is 1. The third kappa shape index (κ3) is 1.49. The zero-order chi connectivity index (χ0) is 13.3. The van der Waals surface area contributed by atoms with Gasteiger partial charge in [-0.05, 0) is 53.1 Å². The van der Waals surface area contributed by atoms with E-state index in [0.717, 1.165) is 5.92 Å². The lowest BCUT2D eigenvalue weighted by Crippen LogP contribution is -2.39. The van der Waals surface area contributed by atoms with Crippen molar-refractivity contribution < 1.29 is 0 Å². The molecule has 1 heterocycles. The van der Waals surface area contributed by atoms with Crippen molar-refractivity contribution in [2.75, 3.05) is 0 Å². The molecule has 1 aromatic rings. The summed E-state index contributed by atoms with van der Waals surface area (Å²) in [6.45, 7) is 14.4. The van der Waals surface area contributed by atoms with E-state index in [-0.39, 0.29) is 0 Å². The molecule has 1 saturated carbocycles. The average Bonchev–Trinajstić information content (AvgIpc) is 2.69. The fourth-order valence-electron chi connectivity index (χ4n) is 3.97. The van der Waals surface area contributed by atoms with Gasteiger partial charge < -0.3 is 0 Å². The molecule has 0 amide bonds. The Morgan fingerprint density at radius 2 is 1.94 bits per heavy atom. The minimum Gasteiger partial charge on any atom is -0.144 e. The summed E-state index contributed by atoms with van der Waals surface area (Å²) < 4.78 is 0. The first kappa shape index (κ1) is 12.7. The number of hydrogen-bond acceptors (Lipinski definition) is 1. The van der Waals surface area contributed by atoms with Gasteiger partial charge >= 0.3 is 0 Å². The molecule has 18 heavy (non-hydrogen) atoms. The van der Waals surface area contributed by atoms with E-state index in [1.165, 1.54) is 19.3 Å². The van der Waals surface area contributed by atoms with Gasteiger partial charge in [0.25, 0.3) is 0 Å². The molecule has 0 spiro atoms. The van der Waals surface area contributed by atoms with Gasteiger partial charge in [0.2, 0.25) is 0 Å². The van der Waals surface area contributed by atoms with E-state index >= 15 is 0 Å². The van der Waals surface area contributed by atoms with Crippen molar-refractivity contribution in [3.8, 4) is 0 Å². The van der Waals surface area contributed by atoms with Crippen LogP contribution in [0.15, 0.2) is 0 Å². The highest BCUT2D eigenvalue weighted by atomic mass is 32.1. The van der Waals surface area contributed by atoms with Gasteiger partial charge in [-0.15, -0.1) is 11.3 Å². The van der Waals surface area contributed by atoms with Crippen molar-refractivity contribution in [2.24, 2.45) is 5.92 Å². The van der Waals surface area contributed by atoms with Gasteiger partial charge in [-0.25, -0.2) is 0 Å². The summed E-state index contributed by atoms with van der Waals surface area (Å²) in [4.78, 5) is 3.37. The summed E-state index contributed by atoms with van der Waals surface area (Å²) in [5.41, 5.74) is 4.38. The van der Waals surface area contributed by atoms with Crippen LogP contribution in [0, 0.1) is 5.92 Å². The summed E-state index contributed by atoms with van der Waals surface area (Å²) in [7, 11) is 0. The molecule has 0 N–H and O–H groups in total. The van der Waals surface area contributed by atoms with E-state index in [9.17, 15) is 0 Å². The average molecular weight is 262 g/mol. The number of thiophene rings is 1. The minimum absolute atomic E-state index is 0.315. The molecule has 0 nitrogen and oxygen atoms in total. The molecule has 2 aliphatic carbocycles. The van der Waals surface area contributed by atoms with Crippen molar-refractivity contribution in [3.05, 3.63) is 20.9 Å². The zero-order valence-electron chi connectivity index (χ0n) is 12.7. The Bertz CT molecular complexity index is 486. The first-order valence-corrected chi connectivity index (χ1v) is 8.23. The van der Waals surface area contributed by atoms with Crippen LogP contribution in [0.4, 0.5) is 0 Å². The van der Waals surface area contributed by atoms with Crippen LogP contribution in [0.2, 0.25) is 0 Å². The third-order valence-electron chi connectivity index (χ3n) is 5.18. The van der Waals surface area contributed by atoms with Gasteiger partial charge in [-0.2, -0.15) is 0 Å². The molecule has 1 fully saturated rings. The molecule has 100 valence electrons. The summed E-state index contributed by atoms with van der Waals surface area (Å²) in [6, 6.07) is 0. The highest BCUT2D eigenvalue weighted by Gasteiger charge is 2.53. The third-order valence-corrected chi connectivity index (χ3v) is 7.14. The van der Waals surface area contributed by atoms with Crippen molar-refractivity contribution >= 4 is 11.3 Å². The quantitative estimate of drug-likeness (QED) is 0.636. The van der Waals surface area contributed by atoms with Crippen molar-refractivity contribution in [1.82, 2.24) is 0 Å². The van der Waals surface area contributed by atoms with Crippen LogP contribution in [0.1, 0.15) is 81.2 Å². The van der Waals surface area contributed by atoms with E-state index in [2.05, 4.69) is 52.9 Å². The molecule has 1 heteroatoms. The predicted octanol–water partition coefficient (Wildman–Crippen LogP) is 5.39. The molecule has 1 unspecified atom stereocenters. The second-order valence-corrected chi connectivity index (χ2v) is 8.96.